The van der Waals surface area contributed by atoms with Gasteiger partial charge in [-0.2, -0.15) is 13.2 Å². The lowest BCUT2D eigenvalue weighted by atomic mass is 10.1. The quantitative estimate of drug-likeness (QED) is 0.940. The molecule has 1 N–H and O–H groups in total. The van der Waals surface area contributed by atoms with E-state index in [2.05, 4.69) is 10.3 Å². The van der Waals surface area contributed by atoms with Crippen LogP contribution in [-0.2, 0) is 6.18 Å². The Hall–Kier alpha value is -2.37. The molecule has 1 aromatic carbocycles. The van der Waals surface area contributed by atoms with Crippen molar-refractivity contribution in [2.24, 2.45) is 0 Å². The molecule has 0 aliphatic heterocycles. The smallest absolute Gasteiger partial charge is 0.345 e. The van der Waals surface area contributed by atoms with E-state index >= 15 is 0 Å². The highest BCUT2D eigenvalue weighted by Crippen LogP contribution is 2.29. The van der Waals surface area contributed by atoms with Crippen LogP contribution in [0, 0.1) is 0 Å². The van der Waals surface area contributed by atoms with Crippen LogP contribution in [0.3, 0.4) is 0 Å². The summed E-state index contributed by atoms with van der Waals surface area (Å²) in [5.74, 6) is -0.558. The van der Waals surface area contributed by atoms with Crippen LogP contribution in [0.2, 0.25) is 0 Å². The number of alkyl halides is 3. The molecule has 1 aromatic heterocycles. The second-order valence-electron chi connectivity index (χ2n) is 4.56. The first-order valence-electron chi connectivity index (χ1n) is 6.26. The van der Waals surface area contributed by atoms with Gasteiger partial charge in [0.1, 0.15) is 0 Å². The molecule has 3 nitrogen and oxygen atoms in total. The maximum atomic E-state index is 12.6. The predicted octanol–water partition coefficient (Wildman–Crippen LogP) is 3.59. The van der Waals surface area contributed by atoms with Crippen molar-refractivity contribution in [1.29, 1.82) is 0 Å². The Balaban J connectivity index is 2.14. The number of carbonyl (C=O) groups is 1. The maximum absolute atomic E-state index is 12.6. The highest BCUT2D eigenvalue weighted by Gasteiger charge is 2.30. The average Bonchev–Trinajstić information content (AvgIpc) is 2.47. The number of amides is 1. The van der Waals surface area contributed by atoms with Crippen molar-refractivity contribution in [2.75, 3.05) is 0 Å². The van der Waals surface area contributed by atoms with Crippen molar-refractivity contribution in [3.63, 3.8) is 0 Å². The van der Waals surface area contributed by atoms with Gasteiger partial charge in [-0.05, 0) is 36.8 Å². The van der Waals surface area contributed by atoms with Crippen LogP contribution >= 0.6 is 0 Å². The number of hydrogen-bond acceptors (Lipinski definition) is 2. The first-order valence-corrected chi connectivity index (χ1v) is 6.26. The Morgan fingerprint density at radius 3 is 2.62 bits per heavy atom. The molecule has 6 heteroatoms. The third-order valence-electron chi connectivity index (χ3n) is 2.98. The van der Waals surface area contributed by atoms with Gasteiger partial charge in [0.15, 0.2) is 0 Å². The molecule has 0 bridgehead atoms. The average molecular weight is 294 g/mol. The van der Waals surface area contributed by atoms with Crippen molar-refractivity contribution in [3.05, 3.63) is 65.5 Å². The summed E-state index contributed by atoms with van der Waals surface area (Å²) in [6, 6.07) is 7.49. The lowest BCUT2D eigenvalue weighted by molar-refractivity contribution is -0.137. The molecular formula is C15H13F3N2O. The molecule has 2 rings (SSSR count). The molecule has 2 aromatic rings. The van der Waals surface area contributed by atoms with Gasteiger partial charge >= 0.3 is 6.18 Å². The molecule has 0 saturated carbocycles. The molecule has 0 fully saturated rings. The molecule has 110 valence electrons. The van der Waals surface area contributed by atoms with E-state index in [-0.39, 0.29) is 11.6 Å². The van der Waals surface area contributed by atoms with Crippen molar-refractivity contribution in [1.82, 2.24) is 10.3 Å². The highest BCUT2D eigenvalue weighted by molar-refractivity contribution is 5.94. The zero-order valence-corrected chi connectivity index (χ0v) is 11.2. The van der Waals surface area contributed by atoms with Crippen LogP contribution in [0.4, 0.5) is 13.2 Å². The van der Waals surface area contributed by atoms with Gasteiger partial charge in [0.05, 0.1) is 11.6 Å². The molecule has 1 atom stereocenters. The Morgan fingerprint density at radius 2 is 2.00 bits per heavy atom. The summed E-state index contributed by atoms with van der Waals surface area (Å²) in [6.07, 6.45) is -1.27. The Kier molecular flexibility index (Phi) is 4.26. The molecule has 21 heavy (non-hydrogen) atoms. The number of carbonyl (C=O) groups excluding carboxylic acids is 1. The minimum Gasteiger partial charge on any atom is -0.345 e. The summed E-state index contributed by atoms with van der Waals surface area (Å²) >= 11 is 0. The van der Waals surface area contributed by atoms with Crippen LogP contribution in [0.5, 0.6) is 0 Å². The second-order valence-corrected chi connectivity index (χ2v) is 4.56. The molecule has 1 heterocycles. The number of aromatic nitrogens is 1. The van der Waals surface area contributed by atoms with Crippen LogP contribution in [0.25, 0.3) is 0 Å². The molecule has 0 radical (unpaired) electrons. The van der Waals surface area contributed by atoms with Crippen molar-refractivity contribution in [3.8, 4) is 0 Å². The Labute approximate surface area is 119 Å². The van der Waals surface area contributed by atoms with Crippen LogP contribution in [0.1, 0.15) is 34.5 Å². The standard InChI is InChI=1S/C15H13F3N2O/c1-10(12-5-3-7-19-9-12)20-14(21)11-4-2-6-13(8-11)15(16,17)18/h2-10H,1H3,(H,20,21). The Morgan fingerprint density at radius 1 is 1.24 bits per heavy atom. The van der Waals surface area contributed by atoms with E-state index in [4.69, 9.17) is 0 Å². The number of nitrogens with one attached hydrogen (secondary N) is 1. The fourth-order valence-electron chi connectivity index (χ4n) is 1.83. The molecule has 0 aliphatic carbocycles. The van der Waals surface area contributed by atoms with E-state index in [0.717, 1.165) is 17.7 Å². The zero-order valence-electron chi connectivity index (χ0n) is 11.2. The van der Waals surface area contributed by atoms with E-state index in [1.807, 2.05) is 0 Å². The molecule has 0 spiro atoms. The molecule has 1 amide bonds. The van der Waals surface area contributed by atoms with Crippen molar-refractivity contribution < 1.29 is 18.0 Å². The number of pyridine rings is 1. The summed E-state index contributed by atoms with van der Waals surface area (Å²) in [5, 5.41) is 2.64. The molecule has 1 unspecified atom stereocenters. The number of nitrogens with zero attached hydrogens (tertiary/aromatic N) is 1. The Bertz CT molecular complexity index is 626. The first kappa shape index (κ1) is 15.0. The maximum Gasteiger partial charge on any atom is 0.416 e. The second kappa shape index (κ2) is 5.95. The van der Waals surface area contributed by atoms with Crippen molar-refractivity contribution >= 4 is 5.91 Å². The number of benzene rings is 1. The van der Waals surface area contributed by atoms with E-state index in [1.54, 1.807) is 31.5 Å². The van der Waals surface area contributed by atoms with Gasteiger partial charge in [-0.3, -0.25) is 9.78 Å². The predicted molar refractivity (Wildman–Crippen MR) is 71.6 cm³/mol. The summed E-state index contributed by atoms with van der Waals surface area (Å²) in [5.41, 5.74) is -0.0948. The van der Waals surface area contributed by atoms with Gasteiger partial charge in [0, 0.05) is 18.0 Å². The number of halogens is 3. The fraction of sp³-hybridized carbons (Fsp3) is 0.200. The molecule has 0 aliphatic rings. The minimum atomic E-state index is -4.47. The first-order chi connectivity index (χ1) is 9.88. The largest absolute Gasteiger partial charge is 0.416 e. The van der Waals surface area contributed by atoms with Crippen LogP contribution in [-0.4, -0.2) is 10.9 Å². The van der Waals surface area contributed by atoms with E-state index in [1.165, 1.54) is 12.1 Å². The molecule has 0 saturated heterocycles. The van der Waals surface area contributed by atoms with Gasteiger partial charge in [0.25, 0.3) is 5.91 Å². The van der Waals surface area contributed by atoms with Gasteiger partial charge in [-0.25, -0.2) is 0 Å². The normalized spacial score (nSPS) is 12.8. The third kappa shape index (κ3) is 3.81. The summed E-state index contributed by atoms with van der Waals surface area (Å²) in [4.78, 5) is 15.9. The summed E-state index contributed by atoms with van der Waals surface area (Å²) in [7, 11) is 0. The third-order valence-corrected chi connectivity index (χ3v) is 2.98. The SMILES string of the molecule is CC(NC(=O)c1cccc(C(F)(F)F)c1)c1cccnc1. The van der Waals surface area contributed by atoms with E-state index in [0.29, 0.717) is 0 Å². The van der Waals surface area contributed by atoms with Gasteiger partial charge in [0.2, 0.25) is 0 Å². The molecular weight excluding hydrogens is 281 g/mol. The van der Waals surface area contributed by atoms with Gasteiger partial charge < -0.3 is 5.32 Å². The summed E-state index contributed by atoms with van der Waals surface area (Å²) < 4.78 is 37.9. The van der Waals surface area contributed by atoms with E-state index < -0.39 is 17.6 Å². The topological polar surface area (TPSA) is 42.0 Å². The van der Waals surface area contributed by atoms with E-state index in [9.17, 15) is 18.0 Å². The lowest BCUT2D eigenvalue weighted by Crippen LogP contribution is -2.27. The van der Waals surface area contributed by atoms with Gasteiger partial charge in [-0.15, -0.1) is 0 Å². The number of hydrogen-bond donors (Lipinski definition) is 1. The van der Waals surface area contributed by atoms with Gasteiger partial charge in [-0.1, -0.05) is 12.1 Å². The van der Waals surface area contributed by atoms with Crippen molar-refractivity contribution in [2.45, 2.75) is 19.1 Å². The highest BCUT2D eigenvalue weighted by atomic mass is 19.4. The lowest BCUT2D eigenvalue weighted by Gasteiger charge is -2.14. The fourth-order valence-corrected chi connectivity index (χ4v) is 1.83. The monoisotopic (exact) mass is 294 g/mol. The zero-order chi connectivity index (χ0) is 15.5. The number of rotatable bonds is 3. The van der Waals surface area contributed by atoms with Crippen LogP contribution < -0.4 is 5.32 Å². The summed E-state index contributed by atoms with van der Waals surface area (Å²) in [6.45, 7) is 1.74. The van der Waals surface area contributed by atoms with Crippen LogP contribution in [0.15, 0.2) is 48.8 Å². The minimum absolute atomic E-state index is 0.0273.